The molecule has 0 fully saturated rings. The topological polar surface area (TPSA) is 62.6 Å². The average molecular weight is 471 g/mol. The number of carbonyl (C=O) groups excluding carboxylic acids is 2. The Hall–Kier alpha value is -4.19. The van der Waals surface area contributed by atoms with Gasteiger partial charge in [0.15, 0.2) is 0 Å². The number of halogens is 1. The molecule has 0 saturated carbocycles. The van der Waals surface area contributed by atoms with E-state index < -0.39 is 6.04 Å². The standard InChI is InChI=1S/C29H27FN2O3/c30-25-15-13-24(14-16-25)21-32(28(33)19-23-10-5-2-6-11-23)27(18-22-8-3-1-4-9-22)29(34)31-20-26-12-7-17-35-26/h1-17,27H,18-21H2,(H,31,34)/t27-/m1/s1. The summed E-state index contributed by atoms with van der Waals surface area (Å²) in [4.78, 5) is 28.7. The lowest BCUT2D eigenvalue weighted by Crippen LogP contribution is -2.50. The largest absolute Gasteiger partial charge is 0.467 e. The van der Waals surface area contributed by atoms with Crippen molar-refractivity contribution in [3.05, 3.63) is 132 Å². The van der Waals surface area contributed by atoms with Crippen LogP contribution in [0.25, 0.3) is 0 Å². The molecule has 0 aliphatic heterocycles. The van der Waals surface area contributed by atoms with Crippen molar-refractivity contribution in [3.63, 3.8) is 0 Å². The van der Waals surface area contributed by atoms with Gasteiger partial charge in [0.05, 0.1) is 19.2 Å². The first kappa shape index (κ1) is 24.0. The number of furan rings is 1. The second-order valence-electron chi connectivity index (χ2n) is 8.31. The fraction of sp³-hybridized carbons (Fsp3) is 0.172. The molecule has 1 atom stereocenters. The maximum atomic E-state index is 13.6. The summed E-state index contributed by atoms with van der Waals surface area (Å²) >= 11 is 0. The van der Waals surface area contributed by atoms with Crippen molar-refractivity contribution in [3.8, 4) is 0 Å². The lowest BCUT2D eigenvalue weighted by Gasteiger charge is -2.31. The zero-order chi connectivity index (χ0) is 24.5. The van der Waals surface area contributed by atoms with Crippen LogP contribution >= 0.6 is 0 Å². The third kappa shape index (κ3) is 6.90. The Kier molecular flexibility index (Phi) is 8.07. The zero-order valence-corrected chi connectivity index (χ0v) is 19.3. The Labute approximate surface area is 204 Å². The van der Waals surface area contributed by atoms with Crippen molar-refractivity contribution in [2.75, 3.05) is 0 Å². The molecule has 0 aliphatic rings. The Morgan fingerprint density at radius 3 is 2.09 bits per heavy atom. The molecule has 6 heteroatoms. The molecule has 0 bridgehead atoms. The van der Waals surface area contributed by atoms with E-state index in [4.69, 9.17) is 4.42 Å². The van der Waals surface area contributed by atoms with E-state index in [2.05, 4.69) is 5.32 Å². The molecule has 4 rings (SSSR count). The number of hydrogen-bond donors (Lipinski definition) is 1. The van der Waals surface area contributed by atoms with Crippen LogP contribution in [0, 0.1) is 5.82 Å². The van der Waals surface area contributed by atoms with Gasteiger partial charge in [-0.25, -0.2) is 4.39 Å². The average Bonchev–Trinajstić information content (AvgIpc) is 3.41. The van der Waals surface area contributed by atoms with E-state index in [0.717, 1.165) is 16.7 Å². The molecule has 3 aromatic carbocycles. The van der Waals surface area contributed by atoms with Gasteiger partial charge >= 0.3 is 0 Å². The van der Waals surface area contributed by atoms with Crippen LogP contribution in [0.4, 0.5) is 4.39 Å². The third-order valence-electron chi connectivity index (χ3n) is 5.75. The Morgan fingerprint density at radius 2 is 1.46 bits per heavy atom. The van der Waals surface area contributed by atoms with Crippen LogP contribution in [-0.4, -0.2) is 22.8 Å². The number of nitrogens with zero attached hydrogens (tertiary/aromatic N) is 1. The fourth-order valence-electron chi connectivity index (χ4n) is 3.92. The van der Waals surface area contributed by atoms with E-state index in [0.29, 0.717) is 12.2 Å². The summed E-state index contributed by atoms with van der Waals surface area (Å²) in [5.41, 5.74) is 2.53. The number of benzene rings is 3. The summed E-state index contributed by atoms with van der Waals surface area (Å²) in [5.74, 6) is -0.200. The predicted molar refractivity (Wildman–Crippen MR) is 132 cm³/mol. The zero-order valence-electron chi connectivity index (χ0n) is 19.3. The predicted octanol–water partition coefficient (Wildman–Crippen LogP) is 4.92. The van der Waals surface area contributed by atoms with Crippen LogP contribution in [0.2, 0.25) is 0 Å². The summed E-state index contributed by atoms with van der Waals surface area (Å²) in [6.07, 6.45) is 2.04. The molecule has 1 aromatic heterocycles. The van der Waals surface area contributed by atoms with Crippen molar-refractivity contribution in [1.29, 1.82) is 0 Å². The smallest absolute Gasteiger partial charge is 0.243 e. The summed E-state index contributed by atoms with van der Waals surface area (Å²) < 4.78 is 18.9. The van der Waals surface area contributed by atoms with Gasteiger partial charge < -0.3 is 14.6 Å². The number of rotatable bonds is 10. The molecular weight excluding hydrogens is 443 g/mol. The van der Waals surface area contributed by atoms with E-state index >= 15 is 0 Å². The summed E-state index contributed by atoms with van der Waals surface area (Å²) in [7, 11) is 0. The SMILES string of the molecule is O=C(NCc1ccco1)[C@@H](Cc1ccccc1)N(Cc1ccc(F)cc1)C(=O)Cc1ccccc1. The first-order valence-electron chi connectivity index (χ1n) is 11.5. The van der Waals surface area contributed by atoms with Gasteiger partial charge in [0, 0.05) is 13.0 Å². The lowest BCUT2D eigenvalue weighted by atomic mass is 10.0. The quantitative estimate of drug-likeness (QED) is 0.358. The maximum absolute atomic E-state index is 13.6. The number of nitrogens with one attached hydrogen (secondary N) is 1. The summed E-state index contributed by atoms with van der Waals surface area (Å²) in [6, 6.07) is 27.8. The van der Waals surface area contributed by atoms with Gasteiger partial charge in [0.25, 0.3) is 0 Å². The van der Waals surface area contributed by atoms with Gasteiger partial charge in [-0.1, -0.05) is 72.8 Å². The highest BCUT2D eigenvalue weighted by molar-refractivity contribution is 5.88. The molecule has 0 aliphatic carbocycles. The minimum absolute atomic E-state index is 0.152. The van der Waals surface area contributed by atoms with E-state index in [-0.39, 0.29) is 37.1 Å². The first-order valence-corrected chi connectivity index (χ1v) is 11.5. The molecule has 1 N–H and O–H groups in total. The minimum atomic E-state index is -0.770. The molecule has 35 heavy (non-hydrogen) atoms. The van der Waals surface area contributed by atoms with Crippen molar-refractivity contribution in [2.45, 2.75) is 32.0 Å². The molecule has 5 nitrogen and oxygen atoms in total. The molecule has 1 heterocycles. The fourth-order valence-corrected chi connectivity index (χ4v) is 3.92. The molecule has 0 spiro atoms. The van der Waals surface area contributed by atoms with Gasteiger partial charge in [0.1, 0.15) is 17.6 Å². The lowest BCUT2D eigenvalue weighted by molar-refractivity contribution is -0.140. The van der Waals surface area contributed by atoms with Crippen LogP contribution in [-0.2, 0) is 35.5 Å². The number of hydrogen-bond acceptors (Lipinski definition) is 3. The van der Waals surface area contributed by atoms with Crippen molar-refractivity contribution < 1.29 is 18.4 Å². The highest BCUT2D eigenvalue weighted by Gasteiger charge is 2.30. The summed E-state index contributed by atoms with van der Waals surface area (Å²) in [5, 5.41) is 2.91. The van der Waals surface area contributed by atoms with Gasteiger partial charge in [-0.3, -0.25) is 9.59 Å². The van der Waals surface area contributed by atoms with Crippen molar-refractivity contribution in [2.24, 2.45) is 0 Å². The molecule has 178 valence electrons. The monoisotopic (exact) mass is 470 g/mol. The molecular formula is C29H27FN2O3. The van der Waals surface area contributed by atoms with Gasteiger partial charge in [-0.15, -0.1) is 0 Å². The molecule has 4 aromatic rings. The highest BCUT2D eigenvalue weighted by Crippen LogP contribution is 2.17. The number of amides is 2. The van der Waals surface area contributed by atoms with Gasteiger partial charge in [0.2, 0.25) is 11.8 Å². The van der Waals surface area contributed by atoms with Gasteiger partial charge in [-0.2, -0.15) is 0 Å². The highest BCUT2D eigenvalue weighted by atomic mass is 19.1. The van der Waals surface area contributed by atoms with Crippen LogP contribution in [0.5, 0.6) is 0 Å². The van der Waals surface area contributed by atoms with Crippen LogP contribution in [0.1, 0.15) is 22.5 Å². The maximum Gasteiger partial charge on any atom is 0.243 e. The molecule has 2 amide bonds. The van der Waals surface area contributed by atoms with Crippen molar-refractivity contribution >= 4 is 11.8 Å². The Bertz CT molecular complexity index is 1210. The third-order valence-corrected chi connectivity index (χ3v) is 5.75. The normalized spacial score (nSPS) is 11.6. The molecule has 0 unspecified atom stereocenters. The van der Waals surface area contributed by atoms with Crippen LogP contribution in [0.3, 0.4) is 0 Å². The minimum Gasteiger partial charge on any atom is -0.467 e. The van der Waals surface area contributed by atoms with Crippen molar-refractivity contribution in [1.82, 2.24) is 10.2 Å². The van der Waals surface area contributed by atoms with Crippen LogP contribution < -0.4 is 5.32 Å². The number of carbonyl (C=O) groups is 2. The second kappa shape index (κ2) is 11.8. The van der Waals surface area contributed by atoms with Gasteiger partial charge in [-0.05, 0) is 41.0 Å². The van der Waals surface area contributed by atoms with E-state index in [1.807, 2.05) is 60.7 Å². The summed E-state index contributed by atoms with van der Waals surface area (Å²) in [6.45, 7) is 0.395. The second-order valence-corrected chi connectivity index (χ2v) is 8.31. The molecule has 0 radical (unpaired) electrons. The Morgan fingerprint density at radius 1 is 0.800 bits per heavy atom. The van der Waals surface area contributed by atoms with Crippen LogP contribution in [0.15, 0.2) is 108 Å². The molecule has 0 saturated heterocycles. The van der Waals surface area contributed by atoms with E-state index in [1.54, 1.807) is 35.4 Å². The first-order chi connectivity index (χ1) is 17.1. The van der Waals surface area contributed by atoms with E-state index in [1.165, 1.54) is 12.1 Å². The van der Waals surface area contributed by atoms with E-state index in [9.17, 15) is 14.0 Å². The Balaban J connectivity index is 1.63.